The predicted octanol–water partition coefficient (Wildman–Crippen LogP) is 3.81. The van der Waals surface area contributed by atoms with Gasteiger partial charge in [-0.15, -0.1) is 0 Å². The molecule has 5 N–H and O–H groups in total. The Bertz CT molecular complexity index is 1010. The molecule has 6 unspecified atom stereocenters. The van der Waals surface area contributed by atoms with Crippen LogP contribution in [-0.2, 0) is 14.3 Å². The fraction of sp³-hybridized carbons (Fsp3) is 0.818. The van der Waals surface area contributed by atoms with Crippen LogP contribution >= 0.6 is 0 Å². The summed E-state index contributed by atoms with van der Waals surface area (Å²) in [5.41, 5.74) is -2.42. The van der Waals surface area contributed by atoms with Gasteiger partial charge < -0.3 is 30.5 Å². The van der Waals surface area contributed by atoms with Crippen LogP contribution in [0.5, 0.6) is 0 Å². The van der Waals surface area contributed by atoms with E-state index < -0.39 is 42.8 Å². The largest absolute Gasteiger partial charge is 0.462 e. The highest BCUT2D eigenvalue weighted by Gasteiger charge is 2.67. The second-order valence-electron chi connectivity index (χ2n) is 14.3. The van der Waals surface area contributed by atoms with E-state index in [1.807, 2.05) is 0 Å². The van der Waals surface area contributed by atoms with E-state index in [1.54, 1.807) is 0 Å². The number of aliphatic hydroxyl groups is 4. The first-order valence-electron chi connectivity index (χ1n) is 15.7. The van der Waals surface area contributed by atoms with Crippen molar-refractivity contribution in [3.8, 4) is 0 Å². The third-order valence-corrected chi connectivity index (χ3v) is 12.1. The molecular formula is C33H53NO7. The summed E-state index contributed by atoms with van der Waals surface area (Å²) >= 11 is 0. The number of esters is 1. The quantitative estimate of drug-likeness (QED) is 0.187. The van der Waals surface area contributed by atoms with Crippen LogP contribution in [0.15, 0.2) is 24.3 Å². The van der Waals surface area contributed by atoms with E-state index in [1.165, 1.54) is 19.3 Å². The van der Waals surface area contributed by atoms with Crippen LogP contribution in [0.2, 0.25) is 0 Å². The van der Waals surface area contributed by atoms with E-state index in [9.17, 15) is 30.0 Å². The van der Waals surface area contributed by atoms with Gasteiger partial charge in [-0.3, -0.25) is 9.59 Å². The van der Waals surface area contributed by atoms with Crippen LogP contribution in [0.4, 0.5) is 0 Å². The number of ether oxygens (including phenoxy) is 1. The molecule has 3 saturated carbocycles. The minimum atomic E-state index is -1.48. The van der Waals surface area contributed by atoms with Crippen molar-refractivity contribution < 1.29 is 34.8 Å². The average molecular weight is 576 g/mol. The van der Waals surface area contributed by atoms with E-state index in [0.717, 1.165) is 19.3 Å². The maximum atomic E-state index is 12.7. The van der Waals surface area contributed by atoms with Gasteiger partial charge in [0, 0.05) is 24.7 Å². The molecule has 232 valence electrons. The lowest BCUT2D eigenvalue weighted by Crippen LogP contribution is -2.64. The van der Waals surface area contributed by atoms with Gasteiger partial charge in [0.15, 0.2) is 0 Å². The van der Waals surface area contributed by atoms with Gasteiger partial charge in [0.05, 0.1) is 25.4 Å². The highest BCUT2D eigenvalue weighted by molar-refractivity contribution is 5.78. The Balaban J connectivity index is 1.36. The lowest BCUT2D eigenvalue weighted by Gasteiger charge is -2.65. The Morgan fingerprint density at radius 3 is 2.34 bits per heavy atom. The first kappa shape index (κ1) is 32.2. The topological polar surface area (TPSA) is 136 Å². The molecule has 1 amide bonds. The van der Waals surface area contributed by atoms with Crippen LogP contribution < -0.4 is 5.32 Å². The van der Waals surface area contributed by atoms with Gasteiger partial charge >= 0.3 is 5.97 Å². The minimum absolute atomic E-state index is 0.00218. The van der Waals surface area contributed by atoms with Crippen molar-refractivity contribution in [2.24, 2.45) is 34.0 Å². The molecule has 8 atom stereocenters. The summed E-state index contributed by atoms with van der Waals surface area (Å²) in [5, 5.41) is 42.7. The van der Waals surface area contributed by atoms with Crippen molar-refractivity contribution in [2.75, 3.05) is 19.8 Å². The number of hydrogen-bond acceptors (Lipinski definition) is 7. The molecule has 0 bridgehead atoms. The Kier molecular flexibility index (Phi) is 9.50. The molecule has 4 aliphatic rings. The number of nitrogens with one attached hydrogen (secondary N) is 1. The smallest absolute Gasteiger partial charge is 0.306 e. The molecule has 0 saturated heterocycles. The summed E-state index contributed by atoms with van der Waals surface area (Å²) in [6.45, 7) is 7.53. The third kappa shape index (κ3) is 5.66. The van der Waals surface area contributed by atoms with Gasteiger partial charge in [0.1, 0.15) is 11.6 Å². The molecule has 0 spiro atoms. The fourth-order valence-electron chi connectivity index (χ4n) is 9.42. The van der Waals surface area contributed by atoms with Crippen molar-refractivity contribution in [3.63, 3.8) is 0 Å². The summed E-state index contributed by atoms with van der Waals surface area (Å²) in [7, 11) is 0. The van der Waals surface area contributed by atoms with Crippen molar-refractivity contribution in [1.82, 2.24) is 5.32 Å². The summed E-state index contributed by atoms with van der Waals surface area (Å²) in [4.78, 5) is 24.9. The molecule has 41 heavy (non-hydrogen) atoms. The molecule has 0 aromatic carbocycles. The first-order valence-corrected chi connectivity index (χ1v) is 15.7. The van der Waals surface area contributed by atoms with Gasteiger partial charge in [-0.2, -0.15) is 0 Å². The predicted molar refractivity (Wildman–Crippen MR) is 156 cm³/mol. The fourth-order valence-corrected chi connectivity index (χ4v) is 9.42. The van der Waals surface area contributed by atoms with Gasteiger partial charge in [0.2, 0.25) is 5.91 Å². The molecule has 0 aromatic rings. The standard InChI is InChI=1S/C33H53NO7/c1-5-6-8-23-11-12-25-29(23,2)15-14-26-30(25,3)17-18-33(40)19-24(13-16-31(26,33)4)41-28(39)10-7-9-27(38)34-32(20-35,21-36)22-37/h5-6,17-18,23-26,35-37,40H,7-16,19-22H2,1-4H3,(H,34,38)/b6-5+/t23?,24?,25?,26?,29?,30-,31?,33-/m1/s1. The lowest BCUT2D eigenvalue weighted by atomic mass is 9.40. The normalized spacial score (nSPS) is 40.1. The van der Waals surface area contributed by atoms with E-state index in [-0.39, 0.29) is 36.2 Å². The summed E-state index contributed by atoms with van der Waals surface area (Å²) in [6, 6.07) is 0. The summed E-state index contributed by atoms with van der Waals surface area (Å²) < 4.78 is 5.80. The van der Waals surface area contributed by atoms with Crippen LogP contribution in [0, 0.1) is 34.0 Å². The lowest BCUT2D eigenvalue weighted by molar-refractivity contribution is -0.197. The molecule has 4 rings (SSSR count). The highest BCUT2D eigenvalue weighted by Crippen LogP contribution is 2.71. The zero-order chi connectivity index (χ0) is 30.1. The highest BCUT2D eigenvalue weighted by atomic mass is 16.5. The number of rotatable bonds is 11. The molecule has 8 heteroatoms. The Morgan fingerprint density at radius 1 is 0.976 bits per heavy atom. The molecular weight excluding hydrogens is 522 g/mol. The van der Waals surface area contributed by atoms with Crippen molar-refractivity contribution in [1.29, 1.82) is 0 Å². The number of amides is 1. The van der Waals surface area contributed by atoms with Gasteiger partial charge in [0.25, 0.3) is 0 Å². The van der Waals surface area contributed by atoms with Crippen LogP contribution in [0.1, 0.15) is 98.3 Å². The Hall–Kier alpha value is -1.74. The second-order valence-corrected chi connectivity index (χ2v) is 14.3. The zero-order valence-electron chi connectivity index (χ0n) is 25.5. The number of carbonyl (C=O) groups excluding carboxylic acids is 2. The maximum absolute atomic E-state index is 12.7. The van der Waals surface area contributed by atoms with E-state index in [4.69, 9.17) is 4.74 Å². The van der Waals surface area contributed by atoms with Gasteiger partial charge in [-0.05, 0) is 86.9 Å². The molecule has 0 aliphatic heterocycles. The van der Waals surface area contributed by atoms with Gasteiger partial charge in [-0.1, -0.05) is 45.1 Å². The van der Waals surface area contributed by atoms with Crippen LogP contribution in [-0.4, -0.2) is 69.4 Å². The van der Waals surface area contributed by atoms with E-state index in [2.05, 4.69) is 57.3 Å². The Morgan fingerprint density at radius 2 is 1.68 bits per heavy atom. The maximum Gasteiger partial charge on any atom is 0.306 e. The van der Waals surface area contributed by atoms with Gasteiger partial charge in [-0.25, -0.2) is 0 Å². The van der Waals surface area contributed by atoms with Crippen LogP contribution in [0.3, 0.4) is 0 Å². The molecule has 4 aliphatic carbocycles. The molecule has 0 radical (unpaired) electrons. The number of allylic oxidation sites excluding steroid dienone is 3. The third-order valence-electron chi connectivity index (χ3n) is 12.1. The summed E-state index contributed by atoms with van der Waals surface area (Å²) in [6.07, 6.45) is 16.7. The van der Waals surface area contributed by atoms with Crippen LogP contribution in [0.25, 0.3) is 0 Å². The second kappa shape index (κ2) is 12.1. The SMILES string of the molecule is C/C=C/CC1CCC2C1(C)CCC1C3(C)CCC(OC(=O)CCCC(=O)NC(CO)(CO)CO)C[C@]3(O)C=C[C@]21C. The number of aliphatic hydroxyl groups excluding tert-OH is 3. The molecule has 0 heterocycles. The number of hydrogen-bond donors (Lipinski definition) is 5. The Labute approximate surface area is 245 Å². The minimum Gasteiger partial charge on any atom is -0.462 e. The van der Waals surface area contributed by atoms with E-state index >= 15 is 0 Å². The van der Waals surface area contributed by atoms with Crippen molar-refractivity contribution in [2.45, 2.75) is 116 Å². The number of fused-ring (bicyclic) bond motifs is 5. The van der Waals surface area contributed by atoms with Crippen molar-refractivity contribution >= 4 is 11.9 Å². The zero-order valence-corrected chi connectivity index (χ0v) is 25.5. The monoisotopic (exact) mass is 575 g/mol. The molecule has 3 fully saturated rings. The van der Waals surface area contributed by atoms with Crippen molar-refractivity contribution in [3.05, 3.63) is 24.3 Å². The number of carbonyl (C=O) groups is 2. The first-order chi connectivity index (χ1) is 19.3. The summed E-state index contributed by atoms with van der Waals surface area (Å²) in [5.74, 6) is 0.830. The average Bonchev–Trinajstić information content (AvgIpc) is 3.28. The van der Waals surface area contributed by atoms with E-state index in [0.29, 0.717) is 36.0 Å². The molecule has 0 aromatic heterocycles. The molecule has 8 nitrogen and oxygen atoms in total.